The fourth-order valence-corrected chi connectivity index (χ4v) is 2.11. The highest BCUT2D eigenvalue weighted by atomic mass is 19.1. The van der Waals surface area contributed by atoms with Gasteiger partial charge in [-0.3, -0.25) is 0 Å². The maximum absolute atomic E-state index is 13.5. The van der Waals surface area contributed by atoms with E-state index in [0.717, 1.165) is 30.5 Å². The lowest BCUT2D eigenvalue weighted by Gasteiger charge is -2.06. The fraction of sp³-hybridized carbons (Fsp3) is 0.200. The van der Waals surface area contributed by atoms with Gasteiger partial charge in [0.05, 0.1) is 5.56 Å². The van der Waals surface area contributed by atoms with Gasteiger partial charge in [-0.15, -0.1) is 0 Å². The van der Waals surface area contributed by atoms with Crippen LogP contribution in [0.25, 0.3) is 0 Å². The number of allylic oxidation sites excluding steroid dienone is 2. The number of halogens is 2. The van der Waals surface area contributed by atoms with Crippen LogP contribution in [-0.2, 0) is 6.42 Å². The summed E-state index contributed by atoms with van der Waals surface area (Å²) in [5.74, 6) is -3.15. The van der Waals surface area contributed by atoms with Crippen LogP contribution in [0.3, 0.4) is 0 Å². The second kappa shape index (κ2) is 9.33. The predicted octanol–water partition coefficient (Wildman–Crippen LogP) is 5.20. The summed E-state index contributed by atoms with van der Waals surface area (Å²) in [5.41, 5.74) is 0.635. The summed E-state index contributed by atoms with van der Waals surface area (Å²) in [6.07, 6.45) is 5.79. The molecule has 25 heavy (non-hydrogen) atoms. The largest absolute Gasteiger partial charge is 0.423 e. The Kier molecular flexibility index (Phi) is 7.48. The number of esters is 1. The molecule has 5 heteroatoms. The molecule has 0 radical (unpaired) electrons. The van der Waals surface area contributed by atoms with E-state index in [1.807, 2.05) is 13.0 Å². The van der Waals surface area contributed by atoms with E-state index >= 15 is 0 Å². The number of hydrogen-bond donors (Lipinski definition) is 0. The summed E-state index contributed by atoms with van der Waals surface area (Å²) in [4.78, 5) is 12.0. The Hall–Kier alpha value is -3.00. The highest BCUT2D eigenvalue weighted by Crippen LogP contribution is 2.21. The van der Waals surface area contributed by atoms with E-state index in [9.17, 15) is 13.6 Å². The number of benzene rings is 2. The van der Waals surface area contributed by atoms with Gasteiger partial charge in [-0.1, -0.05) is 31.7 Å². The van der Waals surface area contributed by atoms with Crippen LogP contribution in [0.1, 0.15) is 42.3 Å². The average molecular weight is 343 g/mol. The number of nitrogens with zero attached hydrogens (tertiary/aromatic N) is 1. The Morgan fingerprint density at radius 2 is 1.80 bits per heavy atom. The van der Waals surface area contributed by atoms with Crippen LogP contribution in [0, 0.1) is 23.0 Å². The molecule has 0 aromatic heterocycles. The molecule has 0 N–H and O–H groups in total. The van der Waals surface area contributed by atoms with Crippen molar-refractivity contribution in [2.24, 2.45) is 0 Å². The molecule has 2 aromatic carbocycles. The normalized spacial score (nSPS) is 10.2. The van der Waals surface area contributed by atoms with Crippen molar-refractivity contribution in [2.75, 3.05) is 0 Å². The number of carbonyl (C=O) groups excluding carboxylic acids is 1. The second-order valence-corrected chi connectivity index (χ2v) is 5.07. The van der Waals surface area contributed by atoms with Crippen molar-refractivity contribution >= 4 is 5.97 Å². The van der Waals surface area contributed by atoms with Gasteiger partial charge >= 0.3 is 5.97 Å². The standard InChI is InChI=1S/C19H15F2NO2.CH4/c1-2-3-4-5-13-6-8-14(9-7-13)19(23)24-15-10-17(20)16(12-22)18(21)11-15;/h2-3,6-11H,4-5H2,1H3;1H4/b3-2+;. The molecule has 0 aliphatic heterocycles. The molecule has 0 saturated carbocycles. The molecule has 0 atom stereocenters. The highest BCUT2D eigenvalue weighted by Gasteiger charge is 2.14. The van der Waals surface area contributed by atoms with Crippen molar-refractivity contribution in [3.05, 3.63) is 76.9 Å². The molecule has 0 spiro atoms. The van der Waals surface area contributed by atoms with Crippen molar-refractivity contribution in [1.29, 1.82) is 5.26 Å². The topological polar surface area (TPSA) is 50.1 Å². The number of hydrogen-bond acceptors (Lipinski definition) is 3. The van der Waals surface area contributed by atoms with Gasteiger partial charge in [-0.25, -0.2) is 13.6 Å². The van der Waals surface area contributed by atoms with Crippen LogP contribution in [0.4, 0.5) is 8.78 Å². The van der Waals surface area contributed by atoms with Gasteiger partial charge in [0.2, 0.25) is 0 Å². The molecule has 2 rings (SSSR count). The van der Waals surface area contributed by atoms with Gasteiger partial charge in [0.15, 0.2) is 0 Å². The molecule has 0 saturated heterocycles. The van der Waals surface area contributed by atoms with E-state index in [-0.39, 0.29) is 18.7 Å². The number of rotatable bonds is 5. The second-order valence-electron chi connectivity index (χ2n) is 5.07. The van der Waals surface area contributed by atoms with Crippen LogP contribution in [0.2, 0.25) is 0 Å². The molecule has 0 unspecified atom stereocenters. The predicted molar refractivity (Wildman–Crippen MR) is 92.3 cm³/mol. The Morgan fingerprint density at radius 1 is 1.20 bits per heavy atom. The minimum absolute atomic E-state index is 0. The molecule has 0 aliphatic carbocycles. The van der Waals surface area contributed by atoms with Crippen LogP contribution in [0.15, 0.2) is 48.6 Å². The number of carbonyl (C=O) groups is 1. The summed E-state index contributed by atoms with van der Waals surface area (Å²) in [6, 6.07) is 9.84. The summed E-state index contributed by atoms with van der Waals surface area (Å²) < 4.78 is 32.0. The minimum atomic E-state index is -1.07. The number of aryl methyl sites for hydroxylation is 1. The van der Waals surface area contributed by atoms with Crippen LogP contribution in [-0.4, -0.2) is 5.97 Å². The molecule has 3 nitrogen and oxygen atoms in total. The zero-order valence-electron chi connectivity index (χ0n) is 13.1. The molecular formula is C20H19F2NO2. The van der Waals surface area contributed by atoms with E-state index < -0.39 is 23.2 Å². The van der Waals surface area contributed by atoms with Gasteiger partial charge < -0.3 is 4.74 Å². The first-order valence-corrected chi connectivity index (χ1v) is 7.36. The first kappa shape index (κ1) is 20.0. The fourth-order valence-electron chi connectivity index (χ4n) is 2.11. The molecule has 0 bridgehead atoms. The van der Waals surface area contributed by atoms with E-state index in [4.69, 9.17) is 10.00 Å². The minimum Gasteiger partial charge on any atom is -0.423 e. The third-order valence-corrected chi connectivity index (χ3v) is 3.36. The van der Waals surface area contributed by atoms with E-state index in [1.54, 1.807) is 24.3 Å². The molecule has 0 heterocycles. The molecule has 0 fully saturated rings. The smallest absolute Gasteiger partial charge is 0.343 e. The summed E-state index contributed by atoms with van der Waals surface area (Å²) in [5, 5.41) is 8.61. The zero-order chi connectivity index (χ0) is 17.5. The third kappa shape index (κ3) is 5.25. The molecule has 130 valence electrons. The van der Waals surface area contributed by atoms with Gasteiger partial charge in [0.1, 0.15) is 29.0 Å². The number of nitriles is 1. The van der Waals surface area contributed by atoms with Crippen LogP contribution < -0.4 is 4.74 Å². The summed E-state index contributed by atoms with van der Waals surface area (Å²) >= 11 is 0. The molecule has 0 aliphatic rings. The SMILES string of the molecule is C.C/C=C/CCc1ccc(C(=O)Oc2cc(F)c(C#N)c(F)c2)cc1. The highest BCUT2D eigenvalue weighted by molar-refractivity contribution is 5.91. The summed E-state index contributed by atoms with van der Waals surface area (Å²) in [6.45, 7) is 1.95. The lowest BCUT2D eigenvalue weighted by atomic mass is 10.1. The maximum atomic E-state index is 13.5. The van der Waals surface area contributed by atoms with E-state index in [0.29, 0.717) is 0 Å². The Labute approximate surface area is 146 Å². The lowest BCUT2D eigenvalue weighted by molar-refractivity contribution is 0.0734. The van der Waals surface area contributed by atoms with Crippen LogP contribution in [0.5, 0.6) is 5.75 Å². The van der Waals surface area contributed by atoms with E-state index in [2.05, 4.69) is 6.08 Å². The van der Waals surface area contributed by atoms with Crippen molar-refractivity contribution in [1.82, 2.24) is 0 Å². The first-order valence-electron chi connectivity index (χ1n) is 7.36. The summed E-state index contributed by atoms with van der Waals surface area (Å²) in [7, 11) is 0. The zero-order valence-corrected chi connectivity index (χ0v) is 13.1. The lowest BCUT2D eigenvalue weighted by Crippen LogP contribution is -2.09. The quantitative estimate of drug-likeness (QED) is 0.426. The number of ether oxygens (including phenoxy) is 1. The van der Waals surface area contributed by atoms with Crippen molar-refractivity contribution in [3.63, 3.8) is 0 Å². The maximum Gasteiger partial charge on any atom is 0.343 e. The van der Waals surface area contributed by atoms with Gasteiger partial charge in [0, 0.05) is 12.1 Å². The third-order valence-electron chi connectivity index (χ3n) is 3.36. The molecule has 2 aromatic rings. The van der Waals surface area contributed by atoms with E-state index in [1.165, 1.54) is 6.07 Å². The van der Waals surface area contributed by atoms with Gasteiger partial charge in [-0.2, -0.15) is 5.26 Å². The van der Waals surface area contributed by atoms with Crippen molar-refractivity contribution in [3.8, 4) is 11.8 Å². The van der Waals surface area contributed by atoms with Gasteiger partial charge in [-0.05, 0) is 37.5 Å². The van der Waals surface area contributed by atoms with Crippen molar-refractivity contribution in [2.45, 2.75) is 27.2 Å². The Bertz CT molecular complexity index is 782. The van der Waals surface area contributed by atoms with Gasteiger partial charge in [0.25, 0.3) is 0 Å². The molecule has 0 amide bonds. The monoisotopic (exact) mass is 343 g/mol. The Balaban J connectivity index is 0.00000312. The van der Waals surface area contributed by atoms with Crippen molar-refractivity contribution < 1.29 is 18.3 Å². The average Bonchev–Trinajstić information content (AvgIpc) is 2.55. The Morgan fingerprint density at radius 3 is 2.32 bits per heavy atom. The van der Waals surface area contributed by atoms with Crippen LogP contribution >= 0.6 is 0 Å². The first-order chi connectivity index (χ1) is 11.5. The molecular weight excluding hydrogens is 324 g/mol.